The first kappa shape index (κ1) is 12.6. The maximum Gasteiger partial charge on any atom is 0.122 e. The lowest BCUT2D eigenvalue weighted by Crippen LogP contribution is -2.10. The number of unbranched alkanes of at least 4 members (excludes halogenated alkanes) is 1. The highest BCUT2D eigenvalue weighted by molar-refractivity contribution is 9.10. The van der Waals surface area contributed by atoms with E-state index in [1.165, 1.54) is 17.7 Å². The van der Waals surface area contributed by atoms with Crippen molar-refractivity contribution in [3.05, 3.63) is 28.2 Å². The van der Waals surface area contributed by atoms with Crippen molar-refractivity contribution in [2.75, 3.05) is 5.75 Å². The average molecular weight is 287 g/mol. The van der Waals surface area contributed by atoms with E-state index >= 15 is 0 Å². The van der Waals surface area contributed by atoms with Gasteiger partial charge in [-0.05, 0) is 40.2 Å². The van der Waals surface area contributed by atoms with Crippen molar-refractivity contribution in [3.63, 3.8) is 0 Å². The quantitative estimate of drug-likeness (QED) is 0.376. The Balaban J connectivity index is 2.70. The Kier molecular flexibility index (Phi) is 5.19. The number of nitrogen functional groups attached to an aromatic ring is 1. The van der Waals surface area contributed by atoms with Gasteiger partial charge >= 0.3 is 0 Å². The van der Waals surface area contributed by atoms with E-state index in [4.69, 9.17) is 11.1 Å². The summed E-state index contributed by atoms with van der Waals surface area (Å²) in [6.45, 7) is 2.19. The average Bonchev–Trinajstić information content (AvgIpc) is 2.20. The van der Waals surface area contributed by atoms with Gasteiger partial charge in [0.15, 0.2) is 0 Å². The van der Waals surface area contributed by atoms with Crippen LogP contribution in [-0.4, -0.2) is 11.6 Å². The molecule has 0 spiro atoms. The Morgan fingerprint density at radius 3 is 2.80 bits per heavy atom. The predicted molar refractivity (Wildman–Crippen MR) is 70.8 cm³/mol. The minimum Gasteiger partial charge on any atom is -0.384 e. The van der Waals surface area contributed by atoms with Gasteiger partial charge in [-0.1, -0.05) is 19.4 Å². The summed E-state index contributed by atoms with van der Waals surface area (Å²) >= 11 is 5.33. The molecule has 0 amide bonds. The lowest BCUT2D eigenvalue weighted by molar-refractivity contribution is 0.896. The van der Waals surface area contributed by atoms with Crippen LogP contribution in [0.25, 0.3) is 0 Å². The summed E-state index contributed by atoms with van der Waals surface area (Å²) in [5.41, 5.74) is 6.18. The Morgan fingerprint density at radius 1 is 1.53 bits per heavy atom. The number of rotatable bonds is 5. The molecular weight excluding hydrogens is 272 g/mol. The zero-order valence-electron chi connectivity index (χ0n) is 8.72. The molecular formula is C11H15BrN2S. The van der Waals surface area contributed by atoms with Crippen molar-refractivity contribution in [1.29, 1.82) is 5.41 Å². The van der Waals surface area contributed by atoms with Gasteiger partial charge in [-0.25, -0.2) is 0 Å². The van der Waals surface area contributed by atoms with Crippen LogP contribution in [0.15, 0.2) is 27.6 Å². The number of nitrogens with two attached hydrogens (primary N) is 1. The SMILES string of the molecule is CCCCSc1ccc(C(=N)N)cc1Br. The Hall–Kier alpha value is -0.480. The lowest BCUT2D eigenvalue weighted by atomic mass is 10.2. The number of halogens is 1. The molecule has 0 saturated heterocycles. The number of amidine groups is 1. The highest BCUT2D eigenvalue weighted by Gasteiger charge is 2.03. The van der Waals surface area contributed by atoms with Gasteiger partial charge in [0.05, 0.1) is 0 Å². The van der Waals surface area contributed by atoms with E-state index in [1.807, 2.05) is 30.0 Å². The Bertz CT molecular complexity index is 352. The predicted octanol–water partition coefficient (Wildman–Crippen LogP) is 3.63. The maximum absolute atomic E-state index is 7.32. The normalized spacial score (nSPS) is 10.3. The summed E-state index contributed by atoms with van der Waals surface area (Å²) in [7, 11) is 0. The summed E-state index contributed by atoms with van der Waals surface area (Å²) < 4.78 is 1.02. The van der Waals surface area contributed by atoms with Crippen LogP contribution in [-0.2, 0) is 0 Å². The van der Waals surface area contributed by atoms with E-state index < -0.39 is 0 Å². The zero-order chi connectivity index (χ0) is 11.3. The summed E-state index contributed by atoms with van der Waals surface area (Å²) in [4.78, 5) is 1.22. The van der Waals surface area contributed by atoms with Crippen LogP contribution in [0.5, 0.6) is 0 Å². The van der Waals surface area contributed by atoms with E-state index in [9.17, 15) is 0 Å². The molecule has 0 aliphatic rings. The molecule has 0 aliphatic heterocycles. The third kappa shape index (κ3) is 3.87. The molecule has 0 aliphatic carbocycles. The van der Waals surface area contributed by atoms with Crippen molar-refractivity contribution >= 4 is 33.5 Å². The van der Waals surface area contributed by atoms with Crippen molar-refractivity contribution in [1.82, 2.24) is 0 Å². The van der Waals surface area contributed by atoms with Gasteiger partial charge in [-0.2, -0.15) is 0 Å². The molecule has 0 heterocycles. The number of thioether (sulfide) groups is 1. The van der Waals surface area contributed by atoms with Crippen LogP contribution < -0.4 is 5.73 Å². The smallest absolute Gasteiger partial charge is 0.122 e. The highest BCUT2D eigenvalue weighted by atomic mass is 79.9. The standard InChI is InChI=1S/C11H15BrN2S/c1-2-3-6-15-10-5-4-8(11(13)14)7-9(10)12/h4-5,7H,2-3,6H2,1H3,(H3,13,14). The van der Waals surface area contributed by atoms with Crippen LogP contribution >= 0.6 is 27.7 Å². The molecule has 0 bridgehead atoms. The summed E-state index contributed by atoms with van der Waals surface area (Å²) in [6.07, 6.45) is 2.45. The van der Waals surface area contributed by atoms with Crippen LogP contribution in [0, 0.1) is 5.41 Å². The molecule has 0 fully saturated rings. The van der Waals surface area contributed by atoms with Crippen LogP contribution in [0.2, 0.25) is 0 Å². The lowest BCUT2D eigenvalue weighted by Gasteiger charge is -2.05. The molecule has 0 saturated carbocycles. The molecule has 4 heteroatoms. The highest BCUT2D eigenvalue weighted by Crippen LogP contribution is 2.28. The third-order valence-electron chi connectivity index (χ3n) is 2.00. The maximum atomic E-state index is 7.32. The van der Waals surface area contributed by atoms with Gasteiger partial charge in [0.2, 0.25) is 0 Å². The van der Waals surface area contributed by atoms with E-state index in [2.05, 4.69) is 22.9 Å². The molecule has 0 unspecified atom stereocenters. The molecule has 0 aromatic heterocycles. The molecule has 1 rings (SSSR count). The van der Waals surface area contributed by atoms with E-state index in [1.54, 1.807) is 0 Å². The second kappa shape index (κ2) is 6.18. The second-order valence-corrected chi connectivity index (χ2v) is 5.25. The molecule has 15 heavy (non-hydrogen) atoms. The van der Waals surface area contributed by atoms with Gasteiger partial charge in [-0.3, -0.25) is 5.41 Å². The molecule has 82 valence electrons. The van der Waals surface area contributed by atoms with Crippen molar-refractivity contribution < 1.29 is 0 Å². The zero-order valence-corrected chi connectivity index (χ0v) is 11.1. The first-order chi connectivity index (χ1) is 7.15. The molecule has 3 N–H and O–H groups in total. The van der Waals surface area contributed by atoms with Crippen LogP contribution in [0.3, 0.4) is 0 Å². The number of hydrogen-bond donors (Lipinski definition) is 2. The van der Waals surface area contributed by atoms with Gasteiger partial charge in [0.25, 0.3) is 0 Å². The molecule has 0 radical (unpaired) electrons. The second-order valence-electron chi connectivity index (χ2n) is 3.26. The van der Waals surface area contributed by atoms with Crippen molar-refractivity contribution in [2.45, 2.75) is 24.7 Å². The largest absolute Gasteiger partial charge is 0.384 e. The summed E-state index contributed by atoms with van der Waals surface area (Å²) in [5, 5.41) is 7.32. The molecule has 0 atom stereocenters. The van der Waals surface area contributed by atoms with Gasteiger partial charge in [0.1, 0.15) is 5.84 Å². The minimum absolute atomic E-state index is 0.112. The minimum atomic E-state index is 0.112. The summed E-state index contributed by atoms with van der Waals surface area (Å²) in [6, 6.07) is 5.80. The van der Waals surface area contributed by atoms with E-state index in [0.717, 1.165) is 15.8 Å². The molecule has 1 aromatic rings. The monoisotopic (exact) mass is 286 g/mol. The summed E-state index contributed by atoms with van der Waals surface area (Å²) in [5.74, 6) is 1.25. The van der Waals surface area contributed by atoms with Crippen molar-refractivity contribution in [2.24, 2.45) is 5.73 Å². The first-order valence-corrected chi connectivity index (χ1v) is 6.69. The molecule has 2 nitrogen and oxygen atoms in total. The van der Waals surface area contributed by atoms with Crippen LogP contribution in [0.1, 0.15) is 25.3 Å². The third-order valence-corrected chi connectivity index (χ3v) is 4.08. The van der Waals surface area contributed by atoms with Gasteiger partial charge in [-0.15, -0.1) is 11.8 Å². The topological polar surface area (TPSA) is 49.9 Å². The number of benzene rings is 1. The van der Waals surface area contributed by atoms with Gasteiger partial charge in [0, 0.05) is 14.9 Å². The fourth-order valence-corrected chi connectivity index (χ4v) is 2.85. The van der Waals surface area contributed by atoms with E-state index in [0.29, 0.717) is 0 Å². The van der Waals surface area contributed by atoms with Gasteiger partial charge < -0.3 is 5.73 Å². The van der Waals surface area contributed by atoms with Crippen molar-refractivity contribution in [3.8, 4) is 0 Å². The first-order valence-electron chi connectivity index (χ1n) is 4.92. The number of hydrogen-bond acceptors (Lipinski definition) is 2. The number of nitrogens with one attached hydrogen (secondary N) is 1. The van der Waals surface area contributed by atoms with E-state index in [-0.39, 0.29) is 5.84 Å². The molecule has 1 aromatic carbocycles. The Morgan fingerprint density at radius 2 is 2.27 bits per heavy atom. The van der Waals surface area contributed by atoms with Crippen LogP contribution in [0.4, 0.5) is 0 Å². The fourth-order valence-electron chi connectivity index (χ4n) is 1.11. The Labute approximate surface area is 103 Å². The fraction of sp³-hybridized carbons (Fsp3) is 0.364.